The Balaban J connectivity index is 2.25. The molecule has 14 heavy (non-hydrogen) atoms. The van der Waals surface area contributed by atoms with E-state index in [0.29, 0.717) is 12.8 Å². The molecule has 4 nitrogen and oxygen atoms in total. The summed E-state index contributed by atoms with van der Waals surface area (Å²) in [7, 11) is 0. The highest BCUT2D eigenvalue weighted by Crippen LogP contribution is 2.39. The summed E-state index contributed by atoms with van der Waals surface area (Å²) in [6.07, 6.45) is 5.05. The van der Waals surface area contributed by atoms with E-state index in [0.717, 1.165) is 0 Å². The van der Waals surface area contributed by atoms with E-state index in [1.165, 1.54) is 0 Å². The van der Waals surface area contributed by atoms with Crippen molar-refractivity contribution in [3.63, 3.8) is 0 Å². The smallest absolute Gasteiger partial charge is 0.247 e. The van der Waals surface area contributed by atoms with E-state index in [-0.39, 0.29) is 6.42 Å². The molecule has 0 amide bonds. The lowest BCUT2D eigenvalue weighted by atomic mass is 10.0. The van der Waals surface area contributed by atoms with Gasteiger partial charge in [0.15, 0.2) is 0 Å². The van der Waals surface area contributed by atoms with Gasteiger partial charge >= 0.3 is 11.9 Å². The first-order valence-corrected chi connectivity index (χ1v) is 4.77. The molecule has 0 saturated heterocycles. The van der Waals surface area contributed by atoms with Gasteiger partial charge in [0.25, 0.3) is 0 Å². The zero-order valence-corrected chi connectivity index (χ0v) is 8.41. The zero-order chi connectivity index (χ0) is 10.6. The van der Waals surface area contributed by atoms with Crippen molar-refractivity contribution in [2.24, 2.45) is 5.41 Å². The van der Waals surface area contributed by atoms with Crippen LogP contribution in [0.2, 0.25) is 0 Å². The van der Waals surface area contributed by atoms with E-state index in [1.807, 2.05) is 13.8 Å². The van der Waals surface area contributed by atoms with Crippen molar-refractivity contribution < 1.29 is 19.4 Å². The second-order valence-electron chi connectivity index (χ2n) is 3.30. The van der Waals surface area contributed by atoms with Gasteiger partial charge in [0.05, 0.1) is 0 Å². The highest BCUT2D eigenvalue weighted by molar-refractivity contribution is 5.86. The molecule has 0 heterocycles. The summed E-state index contributed by atoms with van der Waals surface area (Å²) in [4.78, 5) is 30.9. The van der Waals surface area contributed by atoms with E-state index >= 15 is 0 Å². The van der Waals surface area contributed by atoms with Crippen LogP contribution in [0.4, 0.5) is 0 Å². The summed E-state index contributed by atoms with van der Waals surface area (Å²) in [5.74, 6) is -1.02. The lowest BCUT2D eigenvalue weighted by molar-refractivity contribution is -0.262. The predicted octanol–water partition coefficient (Wildman–Crippen LogP) is 1.75. The van der Waals surface area contributed by atoms with Crippen LogP contribution in [0.5, 0.6) is 0 Å². The Morgan fingerprint density at radius 2 is 1.86 bits per heavy atom. The summed E-state index contributed by atoms with van der Waals surface area (Å²) in [6.45, 7) is 3.72. The Morgan fingerprint density at radius 3 is 2.29 bits per heavy atom. The lowest BCUT2D eigenvalue weighted by Crippen LogP contribution is -2.21. The molecule has 4 heteroatoms. The Hall–Kier alpha value is -1.32. The Kier molecular flexibility index (Phi) is 3.28. The average molecular weight is 198 g/mol. The molecule has 0 fully saturated rings. The third-order valence-corrected chi connectivity index (χ3v) is 2.20. The maximum Gasteiger partial charge on any atom is 0.369 e. The fraction of sp³-hybridized carbons (Fsp3) is 0.600. The van der Waals surface area contributed by atoms with E-state index in [4.69, 9.17) is 0 Å². The van der Waals surface area contributed by atoms with Gasteiger partial charge < -0.3 is 0 Å². The standard InChI is InChI=1S/C10H14O4/c1-3-5-8(11)13-14-9(12)10(4-2)6-7-10/h6-7H,3-5H2,1-2H3. The minimum atomic E-state index is -0.605. The van der Waals surface area contributed by atoms with Crippen LogP contribution in [0.15, 0.2) is 12.2 Å². The van der Waals surface area contributed by atoms with Crippen molar-refractivity contribution in [3.05, 3.63) is 12.2 Å². The first-order valence-electron chi connectivity index (χ1n) is 4.77. The van der Waals surface area contributed by atoms with E-state index in [2.05, 4.69) is 9.78 Å². The summed E-state index contributed by atoms with van der Waals surface area (Å²) in [5, 5.41) is 0. The third kappa shape index (κ3) is 2.34. The van der Waals surface area contributed by atoms with Crippen LogP contribution in [-0.2, 0) is 19.4 Å². The maximum atomic E-state index is 11.3. The van der Waals surface area contributed by atoms with Crippen LogP contribution < -0.4 is 0 Å². The normalized spacial score (nSPS) is 16.1. The van der Waals surface area contributed by atoms with Crippen molar-refractivity contribution in [2.45, 2.75) is 33.1 Å². The SMILES string of the molecule is CCCC(=O)OOC(=O)C1(CC)C=C1. The minimum Gasteiger partial charge on any atom is -0.247 e. The van der Waals surface area contributed by atoms with Crippen LogP contribution in [0, 0.1) is 5.41 Å². The maximum absolute atomic E-state index is 11.3. The summed E-state index contributed by atoms with van der Waals surface area (Å²) >= 11 is 0. The van der Waals surface area contributed by atoms with Crippen molar-refractivity contribution in [1.29, 1.82) is 0 Å². The van der Waals surface area contributed by atoms with Crippen molar-refractivity contribution in [1.82, 2.24) is 0 Å². The zero-order valence-electron chi connectivity index (χ0n) is 8.41. The van der Waals surface area contributed by atoms with Gasteiger partial charge in [0.2, 0.25) is 0 Å². The number of hydrogen-bond donors (Lipinski definition) is 0. The topological polar surface area (TPSA) is 52.6 Å². The number of carbonyl (C=O) groups is 2. The number of carbonyl (C=O) groups excluding carboxylic acids is 2. The fourth-order valence-corrected chi connectivity index (χ4v) is 1.02. The largest absolute Gasteiger partial charge is 0.369 e. The molecule has 0 spiro atoms. The molecule has 0 unspecified atom stereocenters. The first-order chi connectivity index (χ1) is 6.64. The monoisotopic (exact) mass is 198 g/mol. The average Bonchev–Trinajstić information content (AvgIpc) is 2.95. The molecule has 0 bridgehead atoms. The molecular weight excluding hydrogens is 184 g/mol. The van der Waals surface area contributed by atoms with Gasteiger partial charge in [-0.3, -0.25) is 0 Å². The van der Waals surface area contributed by atoms with Crippen molar-refractivity contribution >= 4 is 11.9 Å². The Bertz CT molecular complexity index is 261. The van der Waals surface area contributed by atoms with Crippen LogP contribution in [0.3, 0.4) is 0 Å². The van der Waals surface area contributed by atoms with Gasteiger partial charge in [-0.25, -0.2) is 19.4 Å². The molecule has 0 aromatic carbocycles. The molecule has 0 aliphatic heterocycles. The van der Waals surface area contributed by atoms with E-state index < -0.39 is 17.4 Å². The quantitative estimate of drug-likeness (QED) is 0.392. The van der Waals surface area contributed by atoms with E-state index in [9.17, 15) is 9.59 Å². The van der Waals surface area contributed by atoms with Gasteiger partial charge in [-0.05, 0) is 12.8 Å². The van der Waals surface area contributed by atoms with Crippen molar-refractivity contribution in [2.75, 3.05) is 0 Å². The molecule has 1 aliphatic carbocycles. The first kappa shape index (κ1) is 10.8. The van der Waals surface area contributed by atoms with Gasteiger partial charge in [-0.2, -0.15) is 0 Å². The molecule has 0 atom stereocenters. The number of rotatable bonds is 4. The lowest BCUT2D eigenvalue weighted by Gasteiger charge is -2.09. The molecule has 0 aromatic rings. The second kappa shape index (κ2) is 4.26. The fourth-order valence-electron chi connectivity index (χ4n) is 1.02. The molecule has 0 saturated carbocycles. The third-order valence-electron chi connectivity index (χ3n) is 2.20. The molecule has 0 aromatic heterocycles. The van der Waals surface area contributed by atoms with Gasteiger partial charge in [0.1, 0.15) is 5.41 Å². The van der Waals surface area contributed by atoms with Gasteiger partial charge in [0, 0.05) is 6.42 Å². The summed E-state index contributed by atoms with van der Waals surface area (Å²) < 4.78 is 0. The number of hydrogen-bond acceptors (Lipinski definition) is 4. The van der Waals surface area contributed by atoms with Gasteiger partial charge in [-0.15, -0.1) is 0 Å². The molecule has 1 aliphatic rings. The molecule has 0 N–H and O–H groups in total. The predicted molar refractivity (Wildman–Crippen MR) is 49.0 cm³/mol. The second-order valence-corrected chi connectivity index (χ2v) is 3.30. The Labute approximate surface area is 82.8 Å². The van der Waals surface area contributed by atoms with Crippen LogP contribution in [0.25, 0.3) is 0 Å². The van der Waals surface area contributed by atoms with Crippen LogP contribution in [-0.4, -0.2) is 11.9 Å². The summed E-state index contributed by atoms with van der Waals surface area (Å²) in [6, 6.07) is 0. The minimum absolute atomic E-state index is 0.264. The van der Waals surface area contributed by atoms with Crippen LogP contribution in [0.1, 0.15) is 33.1 Å². The highest BCUT2D eigenvalue weighted by atomic mass is 17.2. The van der Waals surface area contributed by atoms with Crippen molar-refractivity contribution in [3.8, 4) is 0 Å². The molecule has 0 radical (unpaired) electrons. The Morgan fingerprint density at radius 1 is 1.21 bits per heavy atom. The van der Waals surface area contributed by atoms with Gasteiger partial charge in [-0.1, -0.05) is 26.0 Å². The molecule has 1 rings (SSSR count). The van der Waals surface area contributed by atoms with E-state index in [1.54, 1.807) is 12.2 Å². The molecule has 78 valence electrons. The summed E-state index contributed by atoms with van der Waals surface area (Å²) in [5.41, 5.74) is -0.605. The highest BCUT2D eigenvalue weighted by Gasteiger charge is 2.43. The van der Waals surface area contributed by atoms with Crippen LogP contribution >= 0.6 is 0 Å². The molecular formula is C10H14O4.